The Kier molecular flexibility index (Phi) is 8.65. The number of aliphatic imine (C=N–C) groups is 1. The average molecular weight is 497 g/mol. The Hall–Kier alpha value is -2.01. The summed E-state index contributed by atoms with van der Waals surface area (Å²) >= 11 is 1.74. The van der Waals surface area contributed by atoms with Gasteiger partial charge in [-0.1, -0.05) is 24.3 Å². The third kappa shape index (κ3) is 6.90. The lowest BCUT2D eigenvalue weighted by Gasteiger charge is -2.12. The van der Waals surface area contributed by atoms with Crippen LogP contribution in [0.2, 0.25) is 0 Å². The van der Waals surface area contributed by atoms with Crippen LogP contribution in [0.1, 0.15) is 21.0 Å². The van der Waals surface area contributed by atoms with E-state index in [1.807, 2.05) is 10.9 Å². The standard InChI is InChI=1S/C18H23N7S.HI/c1-14-9-22-17(26-14)6-7-21-18(19-2)23-10-15-4-3-5-16(8-15)11-25-13-20-12-24-25;/h3-5,8-9,12-13H,6-7,10-11H2,1-2H3,(H2,19,21,23);1H. The fraction of sp³-hybridized carbons (Fsp3) is 0.333. The molecule has 0 aliphatic heterocycles. The van der Waals surface area contributed by atoms with E-state index in [-0.39, 0.29) is 24.0 Å². The summed E-state index contributed by atoms with van der Waals surface area (Å²) in [4.78, 5) is 13.9. The molecule has 3 rings (SSSR count). The van der Waals surface area contributed by atoms with Gasteiger partial charge in [-0.2, -0.15) is 5.10 Å². The normalized spacial score (nSPS) is 11.1. The third-order valence-corrected chi connectivity index (χ3v) is 4.76. The molecule has 3 aromatic rings. The Labute approximate surface area is 180 Å². The molecule has 0 saturated carbocycles. The SMILES string of the molecule is CN=C(NCCc1ncc(C)s1)NCc1cccc(Cn2cncn2)c1.I. The first-order valence-corrected chi connectivity index (χ1v) is 9.30. The topological polar surface area (TPSA) is 80.0 Å². The highest BCUT2D eigenvalue weighted by Crippen LogP contribution is 2.11. The van der Waals surface area contributed by atoms with Crippen LogP contribution < -0.4 is 10.6 Å². The summed E-state index contributed by atoms with van der Waals surface area (Å²) < 4.78 is 1.81. The first-order chi connectivity index (χ1) is 12.7. The molecule has 9 heteroatoms. The molecular weight excluding hydrogens is 473 g/mol. The first-order valence-electron chi connectivity index (χ1n) is 8.49. The molecule has 0 atom stereocenters. The minimum Gasteiger partial charge on any atom is -0.356 e. The van der Waals surface area contributed by atoms with Crippen LogP contribution in [0, 0.1) is 6.92 Å². The number of guanidine groups is 1. The van der Waals surface area contributed by atoms with E-state index in [0.29, 0.717) is 13.1 Å². The Bertz CT molecular complexity index is 845. The number of hydrogen-bond acceptors (Lipinski definition) is 5. The van der Waals surface area contributed by atoms with Crippen LogP contribution in [-0.2, 0) is 19.5 Å². The van der Waals surface area contributed by atoms with Gasteiger partial charge in [0.15, 0.2) is 5.96 Å². The van der Waals surface area contributed by atoms with Crippen molar-refractivity contribution in [2.45, 2.75) is 26.4 Å². The summed E-state index contributed by atoms with van der Waals surface area (Å²) in [5, 5.41) is 12.0. The number of nitrogens with zero attached hydrogens (tertiary/aromatic N) is 5. The van der Waals surface area contributed by atoms with Gasteiger partial charge in [0, 0.05) is 37.6 Å². The molecule has 0 unspecified atom stereocenters. The zero-order valence-electron chi connectivity index (χ0n) is 15.4. The summed E-state index contributed by atoms with van der Waals surface area (Å²) in [5.74, 6) is 0.792. The number of halogens is 1. The maximum atomic E-state index is 4.38. The smallest absolute Gasteiger partial charge is 0.191 e. The van der Waals surface area contributed by atoms with Crippen molar-refractivity contribution in [1.29, 1.82) is 0 Å². The number of rotatable bonds is 7. The van der Waals surface area contributed by atoms with Gasteiger partial charge in [-0.05, 0) is 18.1 Å². The van der Waals surface area contributed by atoms with Gasteiger partial charge in [0.05, 0.1) is 11.6 Å². The molecule has 2 aromatic heterocycles. The van der Waals surface area contributed by atoms with Crippen LogP contribution in [0.3, 0.4) is 0 Å². The van der Waals surface area contributed by atoms with Crippen LogP contribution in [0.4, 0.5) is 0 Å². The average Bonchev–Trinajstić information content (AvgIpc) is 3.30. The van der Waals surface area contributed by atoms with Gasteiger partial charge in [0.25, 0.3) is 0 Å². The molecule has 144 valence electrons. The molecule has 0 aliphatic rings. The second-order valence-corrected chi connectivity index (χ2v) is 7.20. The minimum absolute atomic E-state index is 0. The Morgan fingerprint density at radius 1 is 1.26 bits per heavy atom. The molecule has 2 N–H and O–H groups in total. The van der Waals surface area contributed by atoms with E-state index in [4.69, 9.17) is 0 Å². The summed E-state index contributed by atoms with van der Waals surface area (Å²) in [6.45, 7) is 4.31. The predicted molar refractivity (Wildman–Crippen MR) is 120 cm³/mol. The number of aryl methyl sites for hydroxylation is 1. The Balaban J connectivity index is 0.00000261. The van der Waals surface area contributed by atoms with Gasteiger partial charge in [-0.25, -0.2) is 14.6 Å². The monoisotopic (exact) mass is 497 g/mol. The van der Waals surface area contributed by atoms with Crippen LogP contribution >= 0.6 is 35.3 Å². The molecule has 0 fully saturated rings. The lowest BCUT2D eigenvalue weighted by Crippen LogP contribution is -2.37. The summed E-state index contributed by atoms with van der Waals surface area (Å²) in [5.41, 5.74) is 2.39. The largest absolute Gasteiger partial charge is 0.356 e. The maximum absolute atomic E-state index is 4.38. The molecule has 0 radical (unpaired) electrons. The zero-order valence-corrected chi connectivity index (χ0v) is 18.6. The van der Waals surface area contributed by atoms with Gasteiger partial charge in [-0.3, -0.25) is 4.99 Å². The molecule has 0 amide bonds. The Morgan fingerprint density at radius 3 is 2.81 bits per heavy atom. The van der Waals surface area contributed by atoms with Crippen LogP contribution in [-0.4, -0.2) is 39.3 Å². The van der Waals surface area contributed by atoms with Crippen molar-refractivity contribution in [2.75, 3.05) is 13.6 Å². The van der Waals surface area contributed by atoms with Crippen LogP contribution in [0.25, 0.3) is 0 Å². The molecule has 0 aliphatic carbocycles. The summed E-state index contributed by atoms with van der Waals surface area (Å²) in [7, 11) is 1.78. The van der Waals surface area contributed by atoms with Crippen LogP contribution in [0.5, 0.6) is 0 Å². The van der Waals surface area contributed by atoms with Crippen molar-refractivity contribution >= 4 is 41.3 Å². The highest BCUT2D eigenvalue weighted by atomic mass is 127. The van der Waals surface area contributed by atoms with Crippen molar-refractivity contribution in [2.24, 2.45) is 4.99 Å². The fourth-order valence-corrected chi connectivity index (χ4v) is 3.34. The van der Waals surface area contributed by atoms with E-state index >= 15 is 0 Å². The molecule has 0 spiro atoms. The quantitative estimate of drug-likeness (QED) is 0.298. The number of hydrogen-bond donors (Lipinski definition) is 2. The van der Waals surface area contributed by atoms with E-state index in [0.717, 1.165) is 23.9 Å². The summed E-state index contributed by atoms with van der Waals surface area (Å²) in [6, 6.07) is 8.42. The maximum Gasteiger partial charge on any atom is 0.191 e. The van der Waals surface area contributed by atoms with Crippen molar-refractivity contribution in [3.8, 4) is 0 Å². The highest BCUT2D eigenvalue weighted by molar-refractivity contribution is 14.0. The molecule has 1 aromatic carbocycles. The third-order valence-electron chi connectivity index (χ3n) is 3.79. The lowest BCUT2D eigenvalue weighted by atomic mass is 10.1. The van der Waals surface area contributed by atoms with E-state index in [2.05, 4.69) is 61.9 Å². The highest BCUT2D eigenvalue weighted by Gasteiger charge is 2.02. The first kappa shape index (κ1) is 21.3. The summed E-state index contributed by atoms with van der Waals surface area (Å²) in [6.07, 6.45) is 6.08. The number of nitrogens with one attached hydrogen (secondary N) is 2. The molecular formula is C18H24IN7S. The van der Waals surface area contributed by atoms with Gasteiger partial charge in [0.1, 0.15) is 12.7 Å². The van der Waals surface area contributed by atoms with Gasteiger partial charge in [-0.15, -0.1) is 35.3 Å². The van der Waals surface area contributed by atoms with Crippen molar-refractivity contribution in [1.82, 2.24) is 30.4 Å². The second kappa shape index (κ2) is 11.0. The fourth-order valence-electron chi connectivity index (χ4n) is 2.55. The van der Waals surface area contributed by atoms with Gasteiger partial charge < -0.3 is 10.6 Å². The molecule has 27 heavy (non-hydrogen) atoms. The number of thiazole rings is 1. The molecule has 0 bridgehead atoms. The van der Waals surface area contributed by atoms with E-state index in [1.165, 1.54) is 16.0 Å². The molecule has 7 nitrogen and oxygen atoms in total. The number of aromatic nitrogens is 4. The van der Waals surface area contributed by atoms with E-state index in [1.54, 1.807) is 31.0 Å². The second-order valence-electron chi connectivity index (χ2n) is 5.88. The van der Waals surface area contributed by atoms with E-state index in [9.17, 15) is 0 Å². The van der Waals surface area contributed by atoms with Crippen LogP contribution in [0.15, 0.2) is 48.1 Å². The van der Waals surface area contributed by atoms with E-state index < -0.39 is 0 Å². The van der Waals surface area contributed by atoms with Crippen molar-refractivity contribution in [3.05, 3.63) is 64.1 Å². The number of benzene rings is 1. The molecule has 2 heterocycles. The lowest BCUT2D eigenvalue weighted by molar-refractivity contribution is 0.683. The van der Waals surface area contributed by atoms with Gasteiger partial charge >= 0.3 is 0 Å². The zero-order chi connectivity index (χ0) is 18.2. The minimum atomic E-state index is 0. The molecule has 0 saturated heterocycles. The van der Waals surface area contributed by atoms with Crippen molar-refractivity contribution < 1.29 is 0 Å². The Morgan fingerprint density at radius 2 is 2.11 bits per heavy atom. The van der Waals surface area contributed by atoms with Gasteiger partial charge in [0.2, 0.25) is 0 Å². The predicted octanol–water partition coefficient (Wildman–Crippen LogP) is 2.62. The van der Waals surface area contributed by atoms with Crippen molar-refractivity contribution in [3.63, 3.8) is 0 Å².